The van der Waals surface area contributed by atoms with Crippen molar-refractivity contribution in [1.82, 2.24) is 0 Å². The smallest absolute Gasteiger partial charge is 0.323 e. The highest BCUT2D eigenvalue weighted by Crippen LogP contribution is 2.18. The molecule has 0 aromatic heterocycles. The van der Waals surface area contributed by atoms with Gasteiger partial charge >= 0.3 is 6.03 Å². The van der Waals surface area contributed by atoms with Gasteiger partial charge in [0.1, 0.15) is 5.82 Å². The van der Waals surface area contributed by atoms with E-state index in [1.54, 1.807) is 44.2 Å². The lowest BCUT2D eigenvalue weighted by atomic mass is 10.1. The first-order chi connectivity index (χ1) is 9.95. The molecule has 2 aromatic carbocycles. The quantitative estimate of drug-likeness (QED) is 0.803. The molecule has 21 heavy (non-hydrogen) atoms. The van der Waals surface area contributed by atoms with Gasteiger partial charge in [0.05, 0.1) is 6.10 Å². The number of aliphatic hydroxyl groups is 1. The number of aliphatic hydroxyl groups excluding tert-OH is 1. The minimum absolute atomic E-state index is 0.405. The second kappa shape index (κ2) is 6.37. The molecule has 0 aliphatic rings. The fourth-order valence-corrected chi connectivity index (χ4v) is 1.86. The number of anilines is 2. The molecule has 2 amide bonds. The molecule has 2 rings (SSSR count). The molecule has 0 radical (unpaired) electrons. The lowest BCUT2D eigenvalue weighted by molar-refractivity contribution is 0.199. The summed E-state index contributed by atoms with van der Waals surface area (Å²) < 4.78 is 13.1. The third-order valence-corrected chi connectivity index (χ3v) is 3.10. The molecule has 1 atom stereocenters. The third-order valence-electron chi connectivity index (χ3n) is 3.10. The molecule has 5 heteroatoms. The van der Waals surface area contributed by atoms with E-state index < -0.39 is 18.0 Å². The molecule has 1 unspecified atom stereocenters. The zero-order valence-corrected chi connectivity index (χ0v) is 11.9. The van der Waals surface area contributed by atoms with Crippen LogP contribution >= 0.6 is 0 Å². The number of urea groups is 1. The van der Waals surface area contributed by atoms with E-state index >= 15 is 0 Å². The molecular weight excluding hydrogens is 271 g/mol. The summed E-state index contributed by atoms with van der Waals surface area (Å²) in [5.74, 6) is -0.405. The van der Waals surface area contributed by atoms with Gasteiger partial charge in [-0.2, -0.15) is 0 Å². The second-order valence-corrected chi connectivity index (χ2v) is 4.84. The number of carbonyl (C=O) groups is 1. The molecule has 0 saturated carbocycles. The van der Waals surface area contributed by atoms with Crippen LogP contribution < -0.4 is 10.6 Å². The predicted octanol–water partition coefficient (Wildman–Crippen LogP) is 3.83. The minimum atomic E-state index is -0.553. The summed E-state index contributed by atoms with van der Waals surface area (Å²) in [6.07, 6.45) is -0.553. The molecular formula is C16H17FN2O2. The van der Waals surface area contributed by atoms with Crippen LogP contribution in [0.15, 0.2) is 42.5 Å². The average Bonchev–Trinajstić information content (AvgIpc) is 2.43. The molecule has 0 fully saturated rings. The van der Waals surface area contributed by atoms with Gasteiger partial charge in [0.2, 0.25) is 0 Å². The zero-order chi connectivity index (χ0) is 15.4. The Morgan fingerprint density at radius 2 is 1.81 bits per heavy atom. The van der Waals surface area contributed by atoms with E-state index in [4.69, 9.17) is 0 Å². The molecule has 110 valence electrons. The van der Waals surface area contributed by atoms with Crippen molar-refractivity contribution in [2.45, 2.75) is 20.0 Å². The summed E-state index contributed by atoms with van der Waals surface area (Å²) >= 11 is 0. The number of hydrogen-bond acceptors (Lipinski definition) is 2. The molecule has 0 spiro atoms. The van der Waals surface area contributed by atoms with E-state index in [1.165, 1.54) is 12.1 Å². The maximum atomic E-state index is 13.1. The Kier molecular flexibility index (Phi) is 4.55. The van der Waals surface area contributed by atoms with Crippen LogP contribution in [0.5, 0.6) is 0 Å². The maximum Gasteiger partial charge on any atom is 0.323 e. The number of nitrogens with one attached hydrogen (secondary N) is 2. The van der Waals surface area contributed by atoms with Gasteiger partial charge in [-0.1, -0.05) is 18.2 Å². The number of aryl methyl sites for hydroxylation is 1. The highest BCUT2D eigenvalue weighted by atomic mass is 19.1. The van der Waals surface area contributed by atoms with Crippen LogP contribution in [0.4, 0.5) is 20.6 Å². The number of rotatable bonds is 3. The second-order valence-electron chi connectivity index (χ2n) is 4.84. The van der Waals surface area contributed by atoms with Gasteiger partial charge in [-0.15, -0.1) is 0 Å². The van der Waals surface area contributed by atoms with Gasteiger partial charge in [0, 0.05) is 11.4 Å². The van der Waals surface area contributed by atoms with Crippen molar-refractivity contribution in [1.29, 1.82) is 0 Å². The fourth-order valence-electron chi connectivity index (χ4n) is 1.86. The van der Waals surface area contributed by atoms with Gasteiger partial charge in [-0.05, 0) is 49.2 Å². The van der Waals surface area contributed by atoms with Gasteiger partial charge in [0.25, 0.3) is 0 Å². The van der Waals surface area contributed by atoms with Gasteiger partial charge in [-0.25, -0.2) is 9.18 Å². The first-order valence-electron chi connectivity index (χ1n) is 6.58. The Labute approximate surface area is 122 Å². The van der Waals surface area contributed by atoms with Crippen molar-refractivity contribution in [2.24, 2.45) is 0 Å². The Morgan fingerprint density at radius 3 is 2.43 bits per heavy atom. The number of carbonyl (C=O) groups excluding carboxylic acids is 1. The molecule has 0 saturated heterocycles. The summed E-state index contributed by atoms with van der Waals surface area (Å²) in [4.78, 5) is 11.9. The van der Waals surface area contributed by atoms with Crippen LogP contribution in [0, 0.1) is 12.7 Å². The molecule has 4 nitrogen and oxygen atoms in total. The van der Waals surface area contributed by atoms with Crippen LogP contribution in [0.25, 0.3) is 0 Å². The average molecular weight is 288 g/mol. The van der Waals surface area contributed by atoms with Crippen LogP contribution in [0.2, 0.25) is 0 Å². The predicted molar refractivity (Wildman–Crippen MR) is 80.9 cm³/mol. The van der Waals surface area contributed by atoms with E-state index in [1.807, 2.05) is 0 Å². The summed E-state index contributed by atoms with van der Waals surface area (Å²) in [6, 6.07) is 10.6. The van der Waals surface area contributed by atoms with Crippen molar-refractivity contribution in [3.05, 3.63) is 59.4 Å². The minimum Gasteiger partial charge on any atom is -0.389 e. The maximum absolute atomic E-state index is 13.1. The highest BCUT2D eigenvalue weighted by Gasteiger charge is 2.07. The largest absolute Gasteiger partial charge is 0.389 e. The van der Waals surface area contributed by atoms with Crippen LogP contribution in [0.1, 0.15) is 24.2 Å². The van der Waals surface area contributed by atoms with Crippen molar-refractivity contribution >= 4 is 17.4 Å². The van der Waals surface area contributed by atoms with Crippen molar-refractivity contribution in [3.8, 4) is 0 Å². The number of halogens is 1. The van der Waals surface area contributed by atoms with Gasteiger partial charge in [0.15, 0.2) is 0 Å². The van der Waals surface area contributed by atoms with E-state index in [0.29, 0.717) is 11.4 Å². The van der Waals surface area contributed by atoms with E-state index in [2.05, 4.69) is 10.6 Å². The topological polar surface area (TPSA) is 61.4 Å². The van der Waals surface area contributed by atoms with E-state index in [0.717, 1.165) is 11.1 Å². The monoisotopic (exact) mass is 288 g/mol. The summed E-state index contributed by atoms with van der Waals surface area (Å²) in [6.45, 7) is 3.45. The van der Waals surface area contributed by atoms with Gasteiger partial charge < -0.3 is 15.7 Å². The standard InChI is InChI=1S/C16H17FN2O2/c1-10-3-6-13(17)9-15(10)19-16(21)18-14-7-4-12(5-8-14)11(2)20/h3-9,11,20H,1-2H3,(H2,18,19,21). The molecule has 0 aliphatic heterocycles. The third kappa shape index (κ3) is 4.03. The van der Waals surface area contributed by atoms with E-state index in [9.17, 15) is 14.3 Å². The van der Waals surface area contributed by atoms with Crippen LogP contribution in [-0.4, -0.2) is 11.1 Å². The lowest BCUT2D eigenvalue weighted by Crippen LogP contribution is -2.20. The molecule has 3 N–H and O–H groups in total. The van der Waals surface area contributed by atoms with Crippen molar-refractivity contribution in [3.63, 3.8) is 0 Å². The molecule has 2 aromatic rings. The first kappa shape index (κ1) is 15.0. The number of amides is 2. The first-order valence-corrected chi connectivity index (χ1v) is 6.58. The Bertz CT molecular complexity index is 639. The number of benzene rings is 2. The molecule has 0 bridgehead atoms. The Morgan fingerprint density at radius 1 is 1.14 bits per heavy atom. The normalized spacial score (nSPS) is 11.8. The van der Waals surface area contributed by atoms with Crippen LogP contribution in [-0.2, 0) is 0 Å². The lowest BCUT2D eigenvalue weighted by Gasteiger charge is -2.11. The van der Waals surface area contributed by atoms with Crippen molar-refractivity contribution < 1.29 is 14.3 Å². The summed E-state index contributed by atoms with van der Waals surface area (Å²) in [5, 5.41) is 14.7. The number of hydrogen-bond donors (Lipinski definition) is 3. The van der Waals surface area contributed by atoms with E-state index in [-0.39, 0.29) is 0 Å². The molecule has 0 heterocycles. The summed E-state index contributed by atoms with van der Waals surface area (Å²) in [5.41, 5.74) is 2.55. The Hall–Kier alpha value is -2.40. The Balaban J connectivity index is 2.03. The zero-order valence-electron chi connectivity index (χ0n) is 11.9. The fraction of sp³-hybridized carbons (Fsp3) is 0.188. The SMILES string of the molecule is Cc1ccc(F)cc1NC(=O)Nc1ccc(C(C)O)cc1. The molecule has 0 aliphatic carbocycles. The summed E-state index contributed by atoms with van der Waals surface area (Å²) in [7, 11) is 0. The van der Waals surface area contributed by atoms with Crippen molar-refractivity contribution in [2.75, 3.05) is 10.6 Å². The van der Waals surface area contributed by atoms with Crippen LogP contribution in [0.3, 0.4) is 0 Å². The highest BCUT2D eigenvalue weighted by molar-refractivity contribution is 6.00. The van der Waals surface area contributed by atoms with Gasteiger partial charge in [-0.3, -0.25) is 0 Å².